The van der Waals surface area contributed by atoms with Gasteiger partial charge in [0.2, 0.25) is 0 Å². The van der Waals surface area contributed by atoms with Gasteiger partial charge in [0.25, 0.3) is 0 Å². The van der Waals surface area contributed by atoms with Crippen LogP contribution in [0.2, 0.25) is 10.0 Å². The minimum Gasteiger partial charge on any atom is -0.489 e. The van der Waals surface area contributed by atoms with Crippen LogP contribution in [-0.4, -0.2) is 30.2 Å². The molecule has 2 atom stereocenters. The summed E-state index contributed by atoms with van der Waals surface area (Å²) >= 11 is 13.9. The Kier molecular flexibility index (Phi) is 6.34. The van der Waals surface area contributed by atoms with E-state index in [9.17, 15) is 0 Å². The molecule has 1 unspecified atom stereocenters. The summed E-state index contributed by atoms with van der Waals surface area (Å²) in [7, 11) is 0. The molecule has 1 saturated heterocycles. The van der Waals surface area contributed by atoms with E-state index in [0.29, 0.717) is 21.2 Å². The Morgan fingerprint density at radius 1 is 1.35 bits per heavy atom. The van der Waals surface area contributed by atoms with Gasteiger partial charge in [0.1, 0.15) is 11.9 Å². The number of rotatable bonds is 6. The normalized spacial score (nSPS) is 20.4. The number of hydrogen-bond donors (Lipinski definition) is 1. The molecule has 0 aromatic heterocycles. The second-order valence-corrected chi connectivity index (χ2v) is 7.79. The molecule has 1 aromatic carbocycles. The van der Waals surface area contributed by atoms with Gasteiger partial charge in [-0.1, -0.05) is 37.0 Å². The topological polar surface area (TPSA) is 21.3 Å². The highest BCUT2D eigenvalue weighted by molar-refractivity contribution is 7.99. The molecule has 0 bridgehead atoms. The van der Waals surface area contributed by atoms with E-state index < -0.39 is 0 Å². The largest absolute Gasteiger partial charge is 0.489 e. The van der Waals surface area contributed by atoms with Gasteiger partial charge in [-0.05, 0) is 30.3 Å². The molecule has 20 heavy (non-hydrogen) atoms. The zero-order chi connectivity index (χ0) is 14.5. The summed E-state index contributed by atoms with van der Waals surface area (Å²) in [6.45, 7) is 6.55. The first kappa shape index (κ1) is 16.3. The Balaban J connectivity index is 2.03. The van der Waals surface area contributed by atoms with Crippen LogP contribution in [0.15, 0.2) is 18.2 Å². The van der Waals surface area contributed by atoms with E-state index in [0.717, 1.165) is 24.6 Å². The molecule has 2 nitrogen and oxygen atoms in total. The number of hydrogen-bond acceptors (Lipinski definition) is 3. The minimum atomic E-state index is 0.217. The highest BCUT2D eigenvalue weighted by Gasteiger charge is 2.27. The Morgan fingerprint density at radius 2 is 2.15 bits per heavy atom. The molecule has 0 amide bonds. The highest BCUT2D eigenvalue weighted by atomic mass is 35.5. The first-order chi connectivity index (χ1) is 9.56. The summed E-state index contributed by atoms with van der Waals surface area (Å²) in [5.41, 5.74) is 0. The van der Waals surface area contributed by atoms with Gasteiger partial charge in [-0.25, -0.2) is 0 Å². The lowest BCUT2D eigenvalue weighted by Gasteiger charge is -2.25. The first-order valence-electron chi connectivity index (χ1n) is 7.00. The lowest BCUT2D eigenvalue weighted by molar-refractivity contribution is 0.165. The average molecular weight is 334 g/mol. The standard InChI is InChI=1S/C15H21Cl2NOS/c1-10(2)20-9-15(11-5-6-18-8-11)19-12-3-4-13(16)14(17)7-12/h3-4,7,10-11,15,18H,5-6,8-9H2,1-2H3/t11?,15-/m0/s1. The Bertz CT molecular complexity index is 436. The minimum absolute atomic E-state index is 0.217. The van der Waals surface area contributed by atoms with E-state index in [1.165, 1.54) is 6.42 Å². The van der Waals surface area contributed by atoms with E-state index in [4.69, 9.17) is 27.9 Å². The fraction of sp³-hybridized carbons (Fsp3) is 0.600. The van der Waals surface area contributed by atoms with Crippen molar-refractivity contribution in [2.75, 3.05) is 18.8 Å². The SMILES string of the molecule is CC(C)SC[C@H](Oc1ccc(Cl)c(Cl)c1)C1CCNC1. The zero-order valence-electron chi connectivity index (χ0n) is 11.9. The Morgan fingerprint density at radius 3 is 2.75 bits per heavy atom. The lowest BCUT2D eigenvalue weighted by Crippen LogP contribution is -2.31. The summed E-state index contributed by atoms with van der Waals surface area (Å²) in [4.78, 5) is 0. The average Bonchev–Trinajstić information content (AvgIpc) is 2.92. The predicted molar refractivity (Wildman–Crippen MR) is 89.4 cm³/mol. The van der Waals surface area contributed by atoms with E-state index in [2.05, 4.69) is 19.2 Å². The number of nitrogens with one attached hydrogen (secondary N) is 1. The van der Waals surface area contributed by atoms with Crippen LogP contribution in [0.25, 0.3) is 0 Å². The second-order valence-electron chi connectivity index (χ2n) is 5.37. The van der Waals surface area contributed by atoms with Gasteiger partial charge in [-0.3, -0.25) is 0 Å². The summed E-state index contributed by atoms with van der Waals surface area (Å²) in [6.07, 6.45) is 1.39. The van der Waals surface area contributed by atoms with Crippen molar-refractivity contribution in [3.63, 3.8) is 0 Å². The first-order valence-corrected chi connectivity index (χ1v) is 8.80. The Labute approximate surface area is 135 Å². The molecular weight excluding hydrogens is 313 g/mol. The molecule has 5 heteroatoms. The number of halogens is 2. The fourth-order valence-corrected chi connectivity index (χ4v) is 3.48. The van der Waals surface area contributed by atoms with E-state index >= 15 is 0 Å². The van der Waals surface area contributed by atoms with Gasteiger partial charge in [0.15, 0.2) is 0 Å². The van der Waals surface area contributed by atoms with Gasteiger partial charge in [0, 0.05) is 24.3 Å². The zero-order valence-corrected chi connectivity index (χ0v) is 14.2. The molecule has 2 rings (SSSR count). The quantitative estimate of drug-likeness (QED) is 0.828. The smallest absolute Gasteiger partial charge is 0.121 e. The number of benzene rings is 1. The molecule has 1 N–H and O–H groups in total. The molecule has 1 aliphatic heterocycles. The van der Waals surface area contributed by atoms with Gasteiger partial charge in [0.05, 0.1) is 10.0 Å². The molecule has 1 heterocycles. The van der Waals surface area contributed by atoms with Crippen molar-refractivity contribution in [1.29, 1.82) is 0 Å². The van der Waals surface area contributed by atoms with Crippen molar-refractivity contribution in [3.8, 4) is 5.75 Å². The molecule has 0 aliphatic carbocycles. The summed E-state index contributed by atoms with van der Waals surface area (Å²) in [6, 6.07) is 5.49. The molecule has 0 saturated carbocycles. The van der Waals surface area contributed by atoms with Crippen molar-refractivity contribution < 1.29 is 4.74 Å². The summed E-state index contributed by atoms with van der Waals surface area (Å²) < 4.78 is 6.18. The van der Waals surface area contributed by atoms with Crippen molar-refractivity contribution in [2.45, 2.75) is 31.6 Å². The van der Waals surface area contributed by atoms with Crippen molar-refractivity contribution in [3.05, 3.63) is 28.2 Å². The van der Waals surface area contributed by atoms with E-state index in [1.807, 2.05) is 17.8 Å². The third-order valence-corrected chi connectivity index (χ3v) is 5.32. The third-order valence-electron chi connectivity index (χ3n) is 3.40. The molecule has 0 radical (unpaired) electrons. The lowest BCUT2D eigenvalue weighted by atomic mass is 10.0. The molecule has 1 aliphatic rings. The summed E-state index contributed by atoms with van der Waals surface area (Å²) in [5, 5.41) is 5.14. The maximum absolute atomic E-state index is 6.18. The monoisotopic (exact) mass is 333 g/mol. The van der Waals surface area contributed by atoms with Crippen LogP contribution in [0.5, 0.6) is 5.75 Å². The van der Waals surface area contributed by atoms with Crippen LogP contribution >= 0.6 is 35.0 Å². The van der Waals surface area contributed by atoms with Crippen molar-refractivity contribution in [1.82, 2.24) is 5.32 Å². The van der Waals surface area contributed by atoms with Crippen molar-refractivity contribution >= 4 is 35.0 Å². The Hall–Kier alpha value is -0.0900. The maximum Gasteiger partial charge on any atom is 0.121 e. The van der Waals surface area contributed by atoms with Crippen LogP contribution in [0.1, 0.15) is 20.3 Å². The molecule has 1 fully saturated rings. The summed E-state index contributed by atoms with van der Waals surface area (Å²) in [5.74, 6) is 2.38. The fourth-order valence-electron chi connectivity index (χ4n) is 2.27. The number of ether oxygens (including phenoxy) is 1. The van der Waals surface area contributed by atoms with Gasteiger partial charge in [-0.15, -0.1) is 0 Å². The van der Waals surface area contributed by atoms with Gasteiger partial charge < -0.3 is 10.1 Å². The van der Waals surface area contributed by atoms with Crippen LogP contribution in [0, 0.1) is 5.92 Å². The third kappa shape index (κ3) is 4.73. The second kappa shape index (κ2) is 7.79. The predicted octanol–water partition coefficient (Wildman–Crippen LogP) is 4.49. The maximum atomic E-state index is 6.18. The van der Waals surface area contributed by atoms with Crippen LogP contribution in [-0.2, 0) is 0 Å². The molecule has 112 valence electrons. The van der Waals surface area contributed by atoms with Gasteiger partial charge in [-0.2, -0.15) is 11.8 Å². The van der Waals surface area contributed by atoms with Crippen molar-refractivity contribution in [2.24, 2.45) is 5.92 Å². The molecule has 1 aromatic rings. The van der Waals surface area contributed by atoms with E-state index in [1.54, 1.807) is 12.1 Å². The van der Waals surface area contributed by atoms with Crippen LogP contribution in [0.4, 0.5) is 0 Å². The molecular formula is C15H21Cl2NOS. The van der Waals surface area contributed by atoms with Crippen LogP contribution < -0.4 is 10.1 Å². The van der Waals surface area contributed by atoms with E-state index in [-0.39, 0.29) is 6.10 Å². The number of thioether (sulfide) groups is 1. The highest BCUT2D eigenvalue weighted by Crippen LogP contribution is 2.29. The van der Waals surface area contributed by atoms with Crippen LogP contribution in [0.3, 0.4) is 0 Å². The molecule has 0 spiro atoms. The van der Waals surface area contributed by atoms with Gasteiger partial charge >= 0.3 is 0 Å².